The molecule has 82 valence electrons. The highest BCUT2D eigenvalue weighted by Gasteiger charge is 2.07. The normalized spacial score (nSPS) is 9.80. The van der Waals surface area contributed by atoms with E-state index in [9.17, 15) is 4.79 Å². The number of rotatable bonds is 4. The van der Waals surface area contributed by atoms with E-state index in [2.05, 4.69) is 36.6 Å². The van der Waals surface area contributed by atoms with Gasteiger partial charge in [-0.25, -0.2) is 0 Å². The molecule has 1 aromatic carbocycles. The summed E-state index contributed by atoms with van der Waals surface area (Å²) in [6.45, 7) is 0.299. The molecule has 0 radical (unpaired) electrons. The third-order valence-electron chi connectivity index (χ3n) is 1.70. The fourth-order valence-corrected chi connectivity index (χ4v) is 2.19. The molecule has 0 spiro atoms. The maximum absolute atomic E-state index is 10.8. The summed E-state index contributed by atoms with van der Waals surface area (Å²) in [5, 5.41) is 0. The van der Waals surface area contributed by atoms with Crippen LogP contribution in [0.1, 0.15) is 6.42 Å². The SMILES string of the molecule is COC(=O)CCOc1c(Br)cccc1Br. The molecule has 1 rings (SSSR count). The maximum Gasteiger partial charge on any atom is 0.308 e. The summed E-state index contributed by atoms with van der Waals surface area (Å²) in [5.74, 6) is 0.416. The van der Waals surface area contributed by atoms with Crippen molar-refractivity contribution in [1.82, 2.24) is 0 Å². The van der Waals surface area contributed by atoms with Crippen LogP contribution < -0.4 is 4.74 Å². The van der Waals surface area contributed by atoms with Gasteiger partial charge in [0.25, 0.3) is 0 Å². The molecule has 0 heterocycles. The van der Waals surface area contributed by atoms with E-state index in [1.807, 2.05) is 18.2 Å². The molecule has 0 aliphatic heterocycles. The molecule has 0 aromatic heterocycles. The topological polar surface area (TPSA) is 35.5 Å². The number of halogens is 2. The van der Waals surface area contributed by atoms with Crippen LogP contribution in [0.25, 0.3) is 0 Å². The first-order valence-corrected chi connectivity index (χ1v) is 5.87. The molecule has 0 unspecified atom stereocenters. The molecule has 0 aliphatic rings. The van der Waals surface area contributed by atoms with Crippen molar-refractivity contribution in [2.45, 2.75) is 6.42 Å². The minimum atomic E-state index is -0.279. The Kier molecular flexibility index (Phi) is 5.11. The van der Waals surface area contributed by atoms with Gasteiger partial charge in [-0.2, -0.15) is 0 Å². The Morgan fingerprint density at radius 2 is 1.93 bits per heavy atom. The van der Waals surface area contributed by atoms with Crippen LogP contribution >= 0.6 is 31.9 Å². The van der Waals surface area contributed by atoms with Gasteiger partial charge in [-0.1, -0.05) is 6.07 Å². The Balaban J connectivity index is 2.54. The summed E-state index contributed by atoms with van der Waals surface area (Å²) >= 11 is 6.72. The highest BCUT2D eigenvalue weighted by Crippen LogP contribution is 2.32. The fraction of sp³-hybridized carbons (Fsp3) is 0.300. The number of methoxy groups -OCH3 is 1. The molecular weight excluding hydrogens is 328 g/mol. The van der Waals surface area contributed by atoms with Crippen LogP contribution in [0.5, 0.6) is 5.75 Å². The summed E-state index contributed by atoms with van der Waals surface area (Å²) in [7, 11) is 1.36. The van der Waals surface area contributed by atoms with E-state index in [1.54, 1.807) is 0 Å². The van der Waals surface area contributed by atoms with Crippen LogP contribution in [0.2, 0.25) is 0 Å². The maximum atomic E-state index is 10.8. The Hall–Kier alpha value is -0.550. The van der Waals surface area contributed by atoms with Gasteiger partial charge in [-0.3, -0.25) is 4.79 Å². The summed E-state index contributed by atoms with van der Waals surface area (Å²) < 4.78 is 11.6. The first kappa shape index (κ1) is 12.5. The third-order valence-corrected chi connectivity index (χ3v) is 2.95. The molecule has 0 N–H and O–H groups in total. The van der Waals surface area contributed by atoms with Crippen molar-refractivity contribution in [2.75, 3.05) is 13.7 Å². The Morgan fingerprint density at radius 1 is 1.33 bits per heavy atom. The van der Waals surface area contributed by atoms with E-state index in [-0.39, 0.29) is 12.4 Å². The summed E-state index contributed by atoms with van der Waals surface area (Å²) in [6.07, 6.45) is 0.240. The van der Waals surface area contributed by atoms with Crippen molar-refractivity contribution < 1.29 is 14.3 Å². The van der Waals surface area contributed by atoms with Crippen LogP contribution in [-0.4, -0.2) is 19.7 Å². The summed E-state index contributed by atoms with van der Waals surface area (Å²) in [5.41, 5.74) is 0. The van der Waals surface area contributed by atoms with Crippen LogP contribution in [0, 0.1) is 0 Å². The second-order valence-corrected chi connectivity index (χ2v) is 4.43. The molecule has 0 bridgehead atoms. The number of hydrogen-bond acceptors (Lipinski definition) is 3. The summed E-state index contributed by atoms with van der Waals surface area (Å²) in [4.78, 5) is 10.8. The summed E-state index contributed by atoms with van der Waals surface area (Å²) in [6, 6.07) is 5.64. The number of para-hydroxylation sites is 1. The van der Waals surface area contributed by atoms with E-state index in [0.717, 1.165) is 8.95 Å². The molecule has 0 saturated carbocycles. The molecule has 0 saturated heterocycles. The molecule has 0 aliphatic carbocycles. The molecule has 0 fully saturated rings. The van der Waals surface area contributed by atoms with E-state index in [1.165, 1.54) is 7.11 Å². The first-order chi connectivity index (χ1) is 7.15. The monoisotopic (exact) mass is 336 g/mol. The molecule has 1 aromatic rings. The largest absolute Gasteiger partial charge is 0.491 e. The quantitative estimate of drug-likeness (QED) is 0.792. The standard InChI is InChI=1S/C10H10Br2O3/c1-14-9(13)5-6-15-10-7(11)3-2-4-8(10)12/h2-4H,5-6H2,1H3. The van der Waals surface area contributed by atoms with E-state index in [0.29, 0.717) is 12.4 Å². The minimum Gasteiger partial charge on any atom is -0.491 e. The van der Waals surface area contributed by atoms with Gasteiger partial charge < -0.3 is 9.47 Å². The number of esters is 1. The number of benzene rings is 1. The van der Waals surface area contributed by atoms with Gasteiger partial charge >= 0.3 is 5.97 Å². The molecule has 0 amide bonds. The second-order valence-electron chi connectivity index (χ2n) is 2.73. The lowest BCUT2D eigenvalue weighted by atomic mass is 10.3. The highest BCUT2D eigenvalue weighted by molar-refractivity contribution is 9.11. The van der Waals surface area contributed by atoms with Gasteiger partial charge in [-0.05, 0) is 44.0 Å². The third kappa shape index (κ3) is 3.83. The highest BCUT2D eigenvalue weighted by atomic mass is 79.9. The Bertz CT molecular complexity index is 332. The average Bonchev–Trinajstić information content (AvgIpc) is 2.22. The van der Waals surface area contributed by atoms with E-state index in [4.69, 9.17) is 4.74 Å². The number of hydrogen-bond donors (Lipinski definition) is 0. The average molecular weight is 338 g/mol. The van der Waals surface area contributed by atoms with Gasteiger partial charge in [-0.15, -0.1) is 0 Å². The number of carbonyl (C=O) groups excluding carboxylic acids is 1. The lowest BCUT2D eigenvalue weighted by molar-refractivity contribution is -0.141. The van der Waals surface area contributed by atoms with Crippen LogP contribution in [0.15, 0.2) is 27.1 Å². The van der Waals surface area contributed by atoms with Crippen molar-refractivity contribution in [1.29, 1.82) is 0 Å². The van der Waals surface area contributed by atoms with Crippen molar-refractivity contribution in [3.05, 3.63) is 27.1 Å². The molecule has 15 heavy (non-hydrogen) atoms. The van der Waals surface area contributed by atoms with Gasteiger partial charge in [0, 0.05) is 0 Å². The Labute approximate surface area is 105 Å². The molecule has 3 nitrogen and oxygen atoms in total. The predicted octanol–water partition coefficient (Wildman–Crippen LogP) is 3.15. The predicted molar refractivity (Wildman–Crippen MR) is 64.0 cm³/mol. The number of ether oxygens (including phenoxy) is 2. The minimum absolute atomic E-state index is 0.240. The van der Waals surface area contributed by atoms with Crippen LogP contribution in [-0.2, 0) is 9.53 Å². The van der Waals surface area contributed by atoms with E-state index < -0.39 is 0 Å². The zero-order valence-electron chi connectivity index (χ0n) is 8.13. The first-order valence-electron chi connectivity index (χ1n) is 4.28. The van der Waals surface area contributed by atoms with Crippen LogP contribution in [0.4, 0.5) is 0 Å². The molecular formula is C10H10Br2O3. The van der Waals surface area contributed by atoms with Gasteiger partial charge in [0.2, 0.25) is 0 Å². The Morgan fingerprint density at radius 3 is 2.47 bits per heavy atom. The number of carbonyl (C=O) groups is 1. The molecule has 0 atom stereocenters. The van der Waals surface area contributed by atoms with Crippen molar-refractivity contribution >= 4 is 37.8 Å². The van der Waals surface area contributed by atoms with Gasteiger partial charge in [0.05, 0.1) is 29.1 Å². The van der Waals surface area contributed by atoms with Crippen molar-refractivity contribution in [2.24, 2.45) is 0 Å². The van der Waals surface area contributed by atoms with Gasteiger partial charge in [0.1, 0.15) is 5.75 Å². The lowest BCUT2D eigenvalue weighted by Crippen LogP contribution is -2.07. The second kappa shape index (κ2) is 6.12. The smallest absolute Gasteiger partial charge is 0.308 e. The van der Waals surface area contributed by atoms with Gasteiger partial charge in [0.15, 0.2) is 0 Å². The zero-order chi connectivity index (χ0) is 11.3. The fourth-order valence-electron chi connectivity index (χ4n) is 0.959. The molecule has 5 heteroatoms. The lowest BCUT2D eigenvalue weighted by Gasteiger charge is -2.09. The van der Waals surface area contributed by atoms with E-state index >= 15 is 0 Å². The van der Waals surface area contributed by atoms with Crippen molar-refractivity contribution in [3.8, 4) is 5.75 Å². The van der Waals surface area contributed by atoms with Crippen molar-refractivity contribution in [3.63, 3.8) is 0 Å². The van der Waals surface area contributed by atoms with Crippen LogP contribution in [0.3, 0.4) is 0 Å². The zero-order valence-corrected chi connectivity index (χ0v) is 11.3.